The van der Waals surface area contributed by atoms with Crippen molar-refractivity contribution in [3.8, 4) is 0 Å². The minimum atomic E-state index is 0.141. The third-order valence-corrected chi connectivity index (χ3v) is 4.02. The van der Waals surface area contributed by atoms with E-state index in [1.165, 1.54) is 24.8 Å². The van der Waals surface area contributed by atoms with E-state index in [1.807, 2.05) is 13.0 Å². The Morgan fingerprint density at radius 2 is 2.12 bits per heavy atom. The Labute approximate surface area is 111 Å². The minimum absolute atomic E-state index is 0.141. The normalized spacial score (nSPS) is 15.5. The van der Waals surface area contributed by atoms with E-state index in [1.54, 1.807) is 0 Å². The summed E-state index contributed by atoms with van der Waals surface area (Å²) in [4.78, 5) is 11.9. The van der Waals surface area contributed by atoms with Gasteiger partial charge in [-0.1, -0.05) is 12.5 Å². The quantitative estimate of drug-likeness (QED) is 0.890. The van der Waals surface area contributed by atoms with Crippen LogP contribution in [0.5, 0.6) is 0 Å². The van der Waals surface area contributed by atoms with Crippen molar-refractivity contribution in [1.29, 1.82) is 0 Å². The van der Waals surface area contributed by atoms with Crippen molar-refractivity contribution in [3.63, 3.8) is 0 Å². The Morgan fingerprint density at radius 3 is 2.65 bits per heavy atom. The number of carbonyl (C=O) groups excluding carboxylic acids is 1. The Balaban J connectivity index is 2.04. The van der Waals surface area contributed by atoms with Crippen molar-refractivity contribution in [3.05, 3.63) is 27.7 Å². The molecule has 0 unspecified atom stereocenters. The van der Waals surface area contributed by atoms with Gasteiger partial charge in [-0.15, -0.1) is 0 Å². The van der Waals surface area contributed by atoms with E-state index in [4.69, 9.17) is 0 Å². The molecule has 2 rings (SSSR count). The zero-order valence-corrected chi connectivity index (χ0v) is 11.9. The van der Waals surface area contributed by atoms with Gasteiger partial charge >= 0.3 is 0 Å². The third kappa shape index (κ3) is 3.09. The number of hydrogen-bond acceptors (Lipinski definition) is 1. The van der Waals surface area contributed by atoms with E-state index in [9.17, 15) is 4.79 Å². The van der Waals surface area contributed by atoms with Crippen LogP contribution in [0.25, 0.3) is 0 Å². The number of benzene rings is 1. The standard InChI is InChI=1S/C14H18BrNO/c1-9-6-10(2)14(12(15)7-9)16-13(17)8-11-4-3-5-11/h6-7,11H,3-5,8H2,1-2H3,(H,16,17). The lowest BCUT2D eigenvalue weighted by Crippen LogP contribution is -2.21. The van der Waals surface area contributed by atoms with E-state index in [-0.39, 0.29) is 5.91 Å². The van der Waals surface area contributed by atoms with Crippen molar-refractivity contribution in [2.24, 2.45) is 5.92 Å². The number of halogens is 1. The lowest BCUT2D eigenvalue weighted by Gasteiger charge is -2.24. The minimum Gasteiger partial charge on any atom is -0.325 e. The first-order valence-electron chi connectivity index (χ1n) is 6.13. The second-order valence-electron chi connectivity index (χ2n) is 4.99. The number of hydrogen-bond donors (Lipinski definition) is 1. The van der Waals surface area contributed by atoms with Gasteiger partial charge < -0.3 is 5.32 Å². The Kier molecular flexibility index (Phi) is 3.87. The Morgan fingerprint density at radius 1 is 1.41 bits per heavy atom. The highest BCUT2D eigenvalue weighted by Gasteiger charge is 2.21. The molecule has 1 aromatic rings. The van der Waals surface area contributed by atoms with Crippen molar-refractivity contribution < 1.29 is 4.79 Å². The zero-order valence-electron chi connectivity index (χ0n) is 10.3. The molecule has 92 valence electrons. The summed E-state index contributed by atoms with van der Waals surface area (Å²) in [5.74, 6) is 0.752. The molecule has 2 nitrogen and oxygen atoms in total. The molecule has 0 aromatic heterocycles. The third-order valence-electron chi connectivity index (χ3n) is 3.39. The van der Waals surface area contributed by atoms with Gasteiger partial charge in [-0.2, -0.15) is 0 Å². The van der Waals surface area contributed by atoms with Gasteiger partial charge in [-0.3, -0.25) is 4.79 Å². The van der Waals surface area contributed by atoms with Crippen LogP contribution in [0.3, 0.4) is 0 Å². The fourth-order valence-electron chi connectivity index (χ4n) is 2.22. The maximum atomic E-state index is 11.9. The maximum absolute atomic E-state index is 11.9. The summed E-state index contributed by atoms with van der Waals surface area (Å²) in [7, 11) is 0. The van der Waals surface area contributed by atoms with Crippen LogP contribution >= 0.6 is 15.9 Å². The molecule has 0 aliphatic heterocycles. The van der Waals surface area contributed by atoms with Crippen molar-refractivity contribution in [2.45, 2.75) is 39.5 Å². The second-order valence-corrected chi connectivity index (χ2v) is 5.84. The molecule has 1 aromatic carbocycles. The highest BCUT2D eigenvalue weighted by molar-refractivity contribution is 9.10. The first-order valence-corrected chi connectivity index (χ1v) is 6.92. The molecule has 1 amide bonds. The first-order chi connectivity index (χ1) is 8.06. The lowest BCUT2D eigenvalue weighted by atomic mass is 9.83. The highest BCUT2D eigenvalue weighted by Crippen LogP contribution is 2.31. The van der Waals surface area contributed by atoms with Crippen LogP contribution in [0.2, 0.25) is 0 Å². The molecular weight excluding hydrogens is 278 g/mol. The summed E-state index contributed by atoms with van der Waals surface area (Å²) < 4.78 is 0.969. The summed E-state index contributed by atoms with van der Waals surface area (Å²) in [6.45, 7) is 4.08. The van der Waals surface area contributed by atoms with Crippen LogP contribution in [0.15, 0.2) is 16.6 Å². The van der Waals surface area contributed by atoms with Crippen LogP contribution in [0.1, 0.15) is 36.8 Å². The highest BCUT2D eigenvalue weighted by atomic mass is 79.9. The topological polar surface area (TPSA) is 29.1 Å². The molecule has 1 saturated carbocycles. The lowest BCUT2D eigenvalue weighted by molar-refractivity contribution is -0.117. The molecular formula is C14H18BrNO. The van der Waals surface area contributed by atoms with Crippen LogP contribution in [0, 0.1) is 19.8 Å². The molecule has 1 aliphatic rings. The molecule has 3 heteroatoms. The van der Waals surface area contributed by atoms with E-state index < -0.39 is 0 Å². The van der Waals surface area contributed by atoms with Crippen LogP contribution in [0.4, 0.5) is 5.69 Å². The molecule has 0 heterocycles. The fraction of sp³-hybridized carbons (Fsp3) is 0.500. The number of rotatable bonds is 3. The molecule has 0 radical (unpaired) electrons. The van der Waals surface area contributed by atoms with E-state index in [0.717, 1.165) is 15.7 Å². The molecule has 1 fully saturated rings. The summed E-state index contributed by atoms with van der Waals surface area (Å²) in [5, 5.41) is 3.02. The largest absolute Gasteiger partial charge is 0.325 e. The summed E-state index contributed by atoms with van der Waals surface area (Å²) in [5.41, 5.74) is 3.23. The van der Waals surface area contributed by atoms with Gasteiger partial charge in [0.15, 0.2) is 0 Å². The predicted molar refractivity (Wildman–Crippen MR) is 74.2 cm³/mol. The molecule has 17 heavy (non-hydrogen) atoms. The molecule has 1 aliphatic carbocycles. The van der Waals surface area contributed by atoms with Gasteiger partial charge in [-0.05, 0) is 65.7 Å². The Hall–Kier alpha value is -0.830. The van der Waals surface area contributed by atoms with Crippen molar-refractivity contribution >= 4 is 27.5 Å². The van der Waals surface area contributed by atoms with Gasteiger partial charge in [0.2, 0.25) is 5.91 Å². The number of amides is 1. The second kappa shape index (κ2) is 5.21. The fourth-order valence-corrected chi connectivity index (χ4v) is 3.00. The van der Waals surface area contributed by atoms with Crippen molar-refractivity contribution in [1.82, 2.24) is 0 Å². The summed E-state index contributed by atoms with van der Waals surface area (Å²) in [6, 6.07) is 4.12. The predicted octanol–water partition coefficient (Wildman–Crippen LogP) is 4.19. The number of nitrogens with one attached hydrogen (secondary N) is 1. The van der Waals surface area contributed by atoms with Gasteiger partial charge in [-0.25, -0.2) is 0 Å². The van der Waals surface area contributed by atoms with Gasteiger partial charge in [0, 0.05) is 10.9 Å². The maximum Gasteiger partial charge on any atom is 0.224 e. The van der Waals surface area contributed by atoms with Crippen LogP contribution in [-0.4, -0.2) is 5.91 Å². The monoisotopic (exact) mass is 295 g/mol. The molecule has 0 bridgehead atoms. The van der Waals surface area contributed by atoms with Gasteiger partial charge in [0.05, 0.1) is 5.69 Å². The summed E-state index contributed by atoms with van der Waals surface area (Å²) >= 11 is 3.51. The smallest absolute Gasteiger partial charge is 0.224 e. The molecule has 0 spiro atoms. The van der Waals surface area contributed by atoms with E-state index in [0.29, 0.717) is 12.3 Å². The SMILES string of the molecule is Cc1cc(C)c(NC(=O)CC2CCC2)c(Br)c1. The first kappa shape index (κ1) is 12.6. The summed E-state index contributed by atoms with van der Waals surface area (Å²) in [6.07, 6.45) is 4.37. The van der Waals surface area contributed by atoms with E-state index in [2.05, 4.69) is 34.2 Å². The van der Waals surface area contributed by atoms with Crippen molar-refractivity contribution in [2.75, 3.05) is 5.32 Å². The van der Waals surface area contributed by atoms with Gasteiger partial charge in [0.25, 0.3) is 0 Å². The molecule has 0 saturated heterocycles. The number of anilines is 1. The molecule has 0 atom stereocenters. The average molecular weight is 296 g/mol. The Bertz CT molecular complexity index is 415. The number of aryl methyl sites for hydroxylation is 2. The zero-order chi connectivity index (χ0) is 12.4. The number of carbonyl (C=O) groups is 1. The van der Waals surface area contributed by atoms with E-state index >= 15 is 0 Å². The van der Waals surface area contributed by atoms with Crippen LogP contribution < -0.4 is 5.32 Å². The molecule has 1 N–H and O–H groups in total. The average Bonchev–Trinajstić information content (AvgIpc) is 2.17. The van der Waals surface area contributed by atoms with Crippen LogP contribution in [-0.2, 0) is 4.79 Å². The van der Waals surface area contributed by atoms with Gasteiger partial charge in [0.1, 0.15) is 0 Å².